The van der Waals surface area contributed by atoms with Crippen LogP contribution in [0.3, 0.4) is 0 Å². The molecule has 2 fully saturated rings. The van der Waals surface area contributed by atoms with Gasteiger partial charge in [0.25, 0.3) is 5.91 Å². The zero-order valence-corrected chi connectivity index (χ0v) is 17.0. The zero-order chi connectivity index (χ0) is 23.2. The lowest BCUT2D eigenvalue weighted by Gasteiger charge is -2.33. The molecule has 0 radical (unpaired) electrons. The number of carbonyl (C=O) groups is 1. The molecule has 2 bridgehead atoms. The van der Waals surface area contributed by atoms with Crippen molar-refractivity contribution in [2.24, 2.45) is 5.92 Å². The molecular formula is C22H17F4N5O2. The van der Waals surface area contributed by atoms with Gasteiger partial charge in [0.05, 0.1) is 24.0 Å². The monoisotopic (exact) mass is 459 g/mol. The van der Waals surface area contributed by atoms with Crippen LogP contribution in [0.5, 0.6) is 5.88 Å². The highest BCUT2D eigenvalue weighted by atomic mass is 19.4. The van der Waals surface area contributed by atoms with E-state index in [2.05, 4.69) is 19.9 Å². The summed E-state index contributed by atoms with van der Waals surface area (Å²) in [6, 6.07) is 5.54. The third-order valence-electron chi connectivity index (χ3n) is 5.91. The van der Waals surface area contributed by atoms with Gasteiger partial charge in [-0.3, -0.25) is 4.79 Å². The first-order chi connectivity index (χ1) is 15.8. The summed E-state index contributed by atoms with van der Waals surface area (Å²) in [6.45, 7) is 0.436. The van der Waals surface area contributed by atoms with Crippen molar-refractivity contribution in [2.75, 3.05) is 6.54 Å². The Hall–Kier alpha value is -3.63. The number of halogens is 4. The minimum Gasteiger partial charge on any atom is -0.471 e. The largest absolute Gasteiger partial charge is 0.471 e. The second kappa shape index (κ2) is 8.05. The summed E-state index contributed by atoms with van der Waals surface area (Å²) in [7, 11) is 0. The van der Waals surface area contributed by atoms with E-state index in [-0.39, 0.29) is 34.8 Å². The van der Waals surface area contributed by atoms with Crippen LogP contribution in [0.15, 0.2) is 49.1 Å². The SMILES string of the molecule is O=C(c1c(F)cccc1-c1ncccn1)N1C[C@H]2C[C@@H](Oc3cnc(C(F)(F)F)cn3)[C@@H]1C2. The average Bonchev–Trinajstić information content (AvgIpc) is 3.39. The molecule has 2 aliphatic rings. The summed E-state index contributed by atoms with van der Waals surface area (Å²) >= 11 is 0. The fourth-order valence-corrected chi connectivity index (χ4v) is 4.51. The number of alkyl halides is 3. The first-order valence-electron chi connectivity index (χ1n) is 10.2. The quantitative estimate of drug-likeness (QED) is 0.553. The molecule has 3 heterocycles. The Morgan fingerprint density at radius 2 is 1.82 bits per heavy atom. The van der Waals surface area contributed by atoms with Crippen LogP contribution in [0.2, 0.25) is 0 Å². The number of hydrogen-bond donors (Lipinski definition) is 0. The first-order valence-corrected chi connectivity index (χ1v) is 10.2. The molecule has 0 N–H and O–H groups in total. The van der Waals surface area contributed by atoms with Crippen LogP contribution < -0.4 is 4.74 Å². The van der Waals surface area contributed by atoms with Crippen LogP contribution in [0.25, 0.3) is 11.4 Å². The van der Waals surface area contributed by atoms with E-state index in [0.717, 1.165) is 6.20 Å². The van der Waals surface area contributed by atoms with Crippen molar-refractivity contribution < 1.29 is 27.1 Å². The van der Waals surface area contributed by atoms with Crippen LogP contribution in [-0.4, -0.2) is 49.4 Å². The maximum Gasteiger partial charge on any atom is 0.434 e. The van der Waals surface area contributed by atoms with E-state index in [0.29, 0.717) is 25.6 Å². The standard InChI is InChI=1S/C22H17F4N5O2/c23-14-4-1-3-13(20-27-5-2-6-28-20)19(14)21(32)31-11-12-7-15(31)16(8-12)33-18-10-29-17(9-30-18)22(24,25)26/h1-6,9-10,12,15-16H,7-8,11H2/t12-,15+,16-/m1/s1. The molecule has 0 spiro atoms. The predicted octanol–water partition coefficient (Wildman–Crippen LogP) is 3.77. The van der Waals surface area contributed by atoms with Crippen molar-refractivity contribution in [1.29, 1.82) is 0 Å². The fraction of sp³-hybridized carbons (Fsp3) is 0.318. The molecule has 1 aliphatic heterocycles. The van der Waals surface area contributed by atoms with Crippen LogP contribution >= 0.6 is 0 Å². The van der Waals surface area contributed by atoms with Gasteiger partial charge in [-0.15, -0.1) is 0 Å². The van der Waals surface area contributed by atoms with Crippen molar-refractivity contribution in [1.82, 2.24) is 24.8 Å². The number of aromatic nitrogens is 4. The maximum absolute atomic E-state index is 14.8. The molecule has 5 rings (SSSR count). The third kappa shape index (κ3) is 3.98. The van der Waals surface area contributed by atoms with E-state index in [1.807, 2.05) is 0 Å². The van der Waals surface area contributed by atoms with Crippen molar-refractivity contribution in [2.45, 2.75) is 31.2 Å². The molecule has 3 atom stereocenters. The van der Waals surface area contributed by atoms with Gasteiger partial charge in [0.1, 0.15) is 11.9 Å². The Balaban J connectivity index is 1.38. The van der Waals surface area contributed by atoms with Crippen molar-refractivity contribution >= 4 is 5.91 Å². The second-order valence-electron chi connectivity index (χ2n) is 7.99. The third-order valence-corrected chi connectivity index (χ3v) is 5.91. The van der Waals surface area contributed by atoms with Crippen LogP contribution in [0.1, 0.15) is 28.9 Å². The summed E-state index contributed by atoms with van der Waals surface area (Å²) in [4.78, 5) is 30.3. The highest BCUT2D eigenvalue weighted by Crippen LogP contribution is 2.41. The Labute approximate surface area is 185 Å². The Morgan fingerprint density at radius 1 is 1.03 bits per heavy atom. The van der Waals surface area contributed by atoms with E-state index >= 15 is 0 Å². The van der Waals surface area contributed by atoms with Gasteiger partial charge in [-0.05, 0) is 30.9 Å². The molecular weight excluding hydrogens is 442 g/mol. The highest BCUT2D eigenvalue weighted by molar-refractivity contribution is 6.00. The van der Waals surface area contributed by atoms with E-state index in [9.17, 15) is 22.4 Å². The summed E-state index contributed by atoms with van der Waals surface area (Å²) in [5.41, 5.74) is -0.950. The van der Waals surface area contributed by atoms with Crippen molar-refractivity contribution in [3.05, 3.63) is 66.1 Å². The van der Waals surface area contributed by atoms with E-state index < -0.39 is 29.7 Å². The van der Waals surface area contributed by atoms with Crippen molar-refractivity contribution in [3.8, 4) is 17.3 Å². The number of nitrogens with zero attached hydrogens (tertiary/aromatic N) is 5. The first kappa shape index (κ1) is 21.2. The molecule has 7 nitrogen and oxygen atoms in total. The van der Waals surface area contributed by atoms with Crippen LogP contribution in [-0.2, 0) is 6.18 Å². The molecule has 1 saturated heterocycles. The number of likely N-dealkylation sites (tertiary alicyclic amines) is 1. The summed E-state index contributed by atoms with van der Waals surface area (Å²) in [5.74, 6) is -0.877. The maximum atomic E-state index is 14.8. The van der Waals surface area contributed by atoms with Gasteiger partial charge in [0.2, 0.25) is 5.88 Å². The highest BCUT2D eigenvalue weighted by Gasteiger charge is 2.49. The average molecular weight is 459 g/mol. The lowest BCUT2D eigenvalue weighted by Crippen LogP contribution is -2.47. The molecule has 1 aromatic carbocycles. The number of carbonyl (C=O) groups excluding carboxylic acids is 1. The normalized spacial score (nSPS) is 21.9. The van der Waals surface area contributed by atoms with Crippen LogP contribution in [0, 0.1) is 11.7 Å². The molecule has 1 aliphatic carbocycles. The molecule has 11 heteroatoms. The molecule has 3 aromatic rings. The van der Waals surface area contributed by atoms with Gasteiger partial charge in [-0.1, -0.05) is 12.1 Å². The van der Waals surface area contributed by atoms with Gasteiger partial charge in [-0.2, -0.15) is 13.2 Å². The molecule has 1 saturated carbocycles. The number of rotatable bonds is 4. The molecule has 2 aromatic heterocycles. The molecule has 33 heavy (non-hydrogen) atoms. The molecule has 0 unspecified atom stereocenters. The van der Waals surface area contributed by atoms with Gasteiger partial charge in [0.15, 0.2) is 11.5 Å². The summed E-state index contributed by atoms with van der Waals surface area (Å²) in [5, 5.41) is 0. The number of piperidine rings is 1. The lowest BCUT2D eigenvalue weighted by atomic mass is 10.0. The van der Waals surface area contributed by atoms with E-state index in [1.165, 1.54) is 24.5 Å². The predicted molar refractivity (Wildman–Crippen MR) is 106 cm³/mol. The number of ether oxygens (including phenoxy) is 1. The number of hydrogen-bond acceptors (Lipinski definition) is 6. The van der Waals surface area contributed by atoms with Gasteiger partial charge < -0.3 is 9.64 Å². The van der Waals surface area contributed by atoms with Crippen molar-refractivity contribution in [3.63, 3.8) is 0 Å². The van der Waals surface area contributed by atoms with Crippen LogP contribution in [0.4, 0.5) is 17.6 Å². The Morgan fingerprint density at radius 3 is 2.48 bits per heavy atom. The Kier molecular flexibility index (Phi) is 5.18. The van der Waals surface area contributed by atoms with Gasteiger partial charge in [0, 0.05) is 24.5 Å². The van der Waals surface area contributed by atoms with E-state index in [1.54, 1.807) is 17.0 Å². The number of fused-ring (bicyclic) bond motifs is 2. The summed E-state index contributed by atoms with van der Waals surface area (Å²) in [6.07, 6.45) is 0.726. The lowest BCUT2D eigenvalue weighted by molar-refractivity contribution is -0.141. The fourth-order valence-electron chi connectivity index (χ4n) is 4.51. The summed E-state index contributed by atoms with van der Waals surface area (Å²) < 4.78 is 58.7. The zero-order valence-electron chi connectivity index (χ0n) is 17.0. The molecule has 1 amide bonds. The van der Waals surface area contributed by atoms with Gasteiger partial charge >= 0.3 is 6.18 Å². The molecule has 170 valence electrons. The smallest absolute Gasteiger partial charge is 0.434 e. The Bertz CT molecular complexity index is 1170. The van der Waals surface area contributed by atoms with Gasteiger partial charge in [-0.25, -0.2) is 24.3 Å². The number of benzene rings is 1. The minimum absolute atomic E-state index is 0.0581. The minimum atomic E-state index is -4.60. The number of amides is 1. The van der Waals surface area contributed by atoms with E-state index in [4.69, 9.17) is 4.74 Å². The second-order valence-corrected chi connectivity index (χ2v) is 7.99. The topological polar surface area (TPSA) is 81.1 Å².